The van der Waals surface area contributed by atoms with Crippen LogP contribution in [-0.2, 0) is 14.3 Å². The molecule has 0 fully saturated rings. The third-order valence-corrected chi connectivity index (χ3v) is 1.16. The average molecular weight is 157 g/mol. The number of rotatable bonds is 5. The largest absolute Gasteiger partial charge is 0.467 e. The predicted octanol–water partition coefficient (Wildman–Crippen LogP) is -0.150. The first-order valence-corrected chi connectivity index (χ1v) is 3.14. The van der Waals surface area contributed by atoms with Gasteiger partial charge < -0.3 is 10.1 Å². The lowest BCUT2D eigenvalue weighted by Gasteiger charge is -2.09. The fourth-order valence-corrected chi connectivity index (χ4v) is 0.623. The van der Waals surface area contributed by atoms with Crippen molar-refractivity contribution in [2.45, 2.75) is 12.5 Å². The number of carbonyl (C=O) groups excluding carboxylic acids is 2. The Labute approximate surface area is 65.2 Å². The van der Waals surface area contributed by atoms with Crippen molar-refractivity contribution in [2.75, 3.05) is 7.11 Å². The van der Waals surface area contributed by atoms with Crippen LogP contribution in [0.1, 0.15) is 6.42 Å². The number of methoxy groups -OCH3 is 1. The van der Waals surface area contributed by atoms with Crippen molar-refractivity contribution in [1.82, 2.24) is 5.32 Å². The molecule has 1 amide bonds. The van der Waals surface area contributed by atoms with Gasteiger partial charge in [0.05, 0.1) is 7.11 Å². The van der Waals surface area contributed by atoms with E-state index in [9.17, 15) is 9.59 Å². The summed E-state index contributed by atoms with van der Waals surface area (Å²) in [7, 11) is 1.27. The molecule has 1 atom stereocenters. The van der Waals surface area contributed by atoms with E-state index >= 15 is 0 Å². The Morgan fingerprint density at radius 3 is 2.82 bits per heavy atom. The maximum Gasteiger partial charge on any atom is 0.328 e. The predicted molar refractivity (Wildman–Crippen MR) is 39.8 cm³/mol. The highest BCUT2D eigenvalue weighted by Gasteiger charge is 2.15. The summed E-state index contributed by atoms with van der Waals surface area (Å²) < 4.78 is 4.41. The second-order valence-electron chi connectivity index (χ2n) is 1.88. The number of esters is 1. The summed E-state index contributed by atoms with van der Waals surface area (Å²) in [5.41, 5.74) is 0. The van der Waals surface area contributed by atoms with Crippen molar-refractivity contribution in [3.63, 3.8) is 0 Å². The molecule has 0 bridgehead atoms. The number of hydrogen-bond donors (Lipinski definition) is 1. The quantitative estimate of drug-likeness (QED) is 0.343. The van der Waals surface area contributed by atoms with Crippen LogP contribution in [-0.4, -0.2) is 25.5 Å². The van der Waals surface area contributed by atoms with Gasteiger partial charge in [0.25, 0.3) is 0 Å². The van der Waals surface area contributed by atoms with Gasteiger partial charge in [-0.15, -0.1) is 6.58 Å². The monoisotopic (exact) mass is 157 g/mol. The summed E-state index contributed by atoms with van der Waals surface area (Å²) >= 11 is 0. The van der Waals surface area contributed by atoms with Gasteiger partial charge in [0.2, 0.25) is 6.41 Å². The fourth-order valence-electron chi connectivity index (χ4n) is 0.623. The lowest BCUT2D eigenvalue weighted by molar-refractivity contribution is -0.143. The van der Waals surface area contributed by atoms with E-state index < -0.39 is 12.0 Å². The molecule has 1 N–H and O–H groups in total. The SMILES string of the molecule is C=CCC(NC=O)C(=O)OC. The summed E-state index contributed by atoms with van der Waals surface area (Å²) in [6, 6.07) is -0.602. The second-order valence-corrected chi connectivity index (χ2v) is 1.88. The Bertz CT molecular complexity index is 146. The Morgan fingerprint density at radius 2 is 2.45 bits per heavy atom. The molecule has 0 saturated heterocycles. The molecule has 0 rings (SSSR count). The molecular weight excluding hydrogens is 146 g/mol. The third-order valence-electron chi connectivity index (χ3n) is 1.16. The number of amides is 1. The van der Waals surface area contributed by atoms with Gasteiger partial charge in [0.1, 0.15) is 6.04 Å². The average Bonchev–Trinajstić information content (AvgIpc) is 2.03. The molecule has 0 aromatic carbocycles. The zero-order chi connectivity index (χ0) is 8.69. The molecule has 0 spiro atoms. The summed E-state index contributed by atoms with van der Waals surface area (Å²) in [6.45, 7) is 3.44. The van der Waals surface area contributed by atoms with Gasteiger partial charge in [0.15, 0.2) is 0 Å². The summed E-state index contributed by atoms with van der Waals surface area (Å²) in [6.07, 6.45) is 2.38. The molecule has 0 saturated carbocycles. The maximum absolute atomic E-state index is 10.8. The number of hydrogen-bond acceptors (Lipinski definition) is 3. The Kier molecular flexibility index (Phi) is 4.81. The normalized spacial score (nSPS) is 11.4. The van der Waals surface area contributed by atoms with Crippen LogP contribution < -0.4 is 5.32 Å². The highest BCUT2D eigenvalue weighted by molar-refractivity contribution is 5.78. The van der Waals surface area contributed by atoms with Crippen LogP contribution >= 0.6 is 0 Å². The van der Waals surface area contributed by atoms with Crippen LogP contribution in [0.15, 0.2) is 12.7 Å². The molecule has 0 aliphatic heterocycles. The van der Waals surface area contributed by atoms with Crippen molar-refractivity contribution < 1.29 is 14.3 Å². The van der Waals surface area contributed by atoms with Gasteiger partial charge >= 0.3 is 5.97 Å². The van der Waals surface area contributed by atoms with E-state index in [-0.39, 0.29) is 0 Å². The topological polar surface area (TPSA) is 55.4 Å². The first-order chi connectivity index (χ1) is 5.26. The van der Waals surface area contributed by atoms with Gasteiger partial charge in [-0.25, -0.2) is 4.79 Å². The van der Waals surface area contributed by atoms with Crippen LogP contribution in [0.5, 0.6) is 0 Å². The Morgan fingerprint density at radius 1 is 1.82 bits per heavy atom. The maximum atomic E-state index is 10.8. The standard InChI is InChI=1S/C7H11NO3/c1-3-4-6(8-5-9)7(10)11-2/h3,5-6H,1,4H2,2H3,(H,8,9). The summed E-state index contributed by atoms with van der Waals surface area (Å²) in [5.74, 6) is -0.461. The zero-order valence-electron chi connectivity index (χ0n) is 6.37. The molecule has 4 nitrogen and oxygen atoms in total. The van der Waals surface area contributed by atoms with E-state index in [4.69, 9.17) is 0 Å². The van der Waals surface area contributed by atoms with Crippen molar-refractivity contribution >= 4 is 12.4 Å². The van der Waals surface area contributed by atoms with Crippen LogP contribution in [0.2, 0.25) is 0 Å². The van der Waals surface area contributed by atoms with Gasteiger partial charge in [-0.05, 0) is 6.42 Å². The Hall–Kier alpha value is -1.32. The number of ether oxygens (including phenoxy) is 1. The van der Waals surface area contributed by atoms with Crippen LogP contribution in [0, 0.1) is 0 Å². The van der Waals surface area contributed by atoms with Crippen molar-refractivity contribution in [1.29, 1.82) is 0 Å². The molecule has 0 radical (unpaired) electrons. The van der Waals surface area contributed by atoms with Crippen LogP contribution in [0.4, 0.5) is 0 Å². The van der Waals surface area contributed by atoms with E-state index in [2.05, 4.69) is 16.6 Å². The summed E-state index contributed by atoms with van der Waals surface area (Å²) in [5, 5.41) is 2.31. The van der Waals surface area contributed by atoms with Gasteiger partial charge in [-0.1, -0.05) is 6.08 Å². The molecule has 1 unspecified atom stereocenters. The minimum absolute atomic E-state index is 0.380. The molecule has 11 heavy (non-hydrogen) atoms. The Balaban J connectivity index is 3.95. The summed E-state index contributed by atoms with van der Waals surface area (Å²) in [4.78, 5) is 20.8. The smallest absolute Gasteiger partial charge is 0.328 e. The van der Waals surface area contributed by atoms with Crippen molar-refractivity contribution in [3.8, 4) is 0 Å². The minimum atomic E-state index is -0.602. The number of carbonyl (C=O) groups is 2. The molecule has 0 aliphatic rings. The number of nitrogens with one attached hydrogen (secondary N) is 1. The van der Waals surface area contributed by atoms with Crippen LogP contribution in [0.3, 0.4) is 0 Å². The highest BCUT2D eigenvalue weighted by atomic mass is 16.5. The molecule has 62 valence electrons. The van der Waals surface area contributed by atoms with E-state index in [0.717, 1.165) is 0 Å². The second kappa shape index (κ2) is 5.46. The minimum Gasteiger partial charge on any atom is -0.467 e. The first-order valence-electron chi connectivity index (χ1n) is 3.14. The molecular formula is C7H11NO3. The molecule has 0 aliphatic carbocycles. The highest BCUT2D eigenvalue weighted by Crippen LogP contribution is 1.93. The van der Waals surface area contributed by atoms with Gasteiger partial charge in [-0.2, -0.15) is 0 Å². The van der Waals surface area contributed by atoms with E-state index in [0.29, 0.717) is 12.8 Å². The molecule has 0 aromatic rings. The molecule has 0 heterocycles. The zero-order valence-corrected chi connectivity index (χ0v) is 6.37. The first kappa shape index (κ1) is 9.68. The van der Waals surface area contributed by atoms with E-state index in [1.54, 1.807) is 0 Å². The lowest BCUT2D eigenvalue weighted by Crippen LogP contribution is -2.36. The van der Waals surface area contributed by atoms with Crippen molar-refractivity contribution in [2.24, 2.45) is 0 Å². The van der Waals surface area contributed by atoms with Gasteiger partial charge in [-0.3, -0.25) is 4.79 Å². The lowest BCUT2D eigenvalue weighted by atomic mass is 10.2. The fraction of sp³-hybridized carbons (Fsp3) is 0.429. The van der Waals surface area contributed by atoms with Gasteiger partial charge in [0, 0.05) is 0 Å². The third kappa shape index (κ3) is 3.40. The molecule has 0 aromatic heterocycles. The van der Waals surface area contributed by atoms with Crippen molar-refractivity contribution in [3.05, 3.63) is 12.7 Å². The van der Waals surface area contributed by atoms with Crippen LogP contribution in [0.25, 0.3) is 0 Å². The van der Waals surface area contributed by atoms with E-state index in [1.165, 1.54) is 13.2 Å². The van der Waals surface area contributed by atoms with E-state index in [1.807, 2.05) is 0 Å². The molecule has 4 heteroatoms.